The van der Waals surface area contributed by atoms with E-state index < -0.39 is 12.0 Å². The van der Waals surface area contributed by atoms with E-state index in [1.165, 1.54) is 11.3 Å². The van der Waals surface area contributed by atoms with Crippen LogP contribution in [0.25, 0.3) is 0 Å². The molecule has 2 N–H and O–H groups in total. The SMILES string of the molecule is Cc1nc(C)c(C(=O)NC(CC(=O)O)c2ccccc2C)s1. The van der Waals surface area contributed by atoms with Crippen molar-refractivity contribution in [2.24, 2.45) is 0 Å². The van der Waals surface area contributed by atoms with Gasteiger partial charge in [-0.25, -0.2) is 4.98 Å². The van der Waals surface area contributed by atoms with Crippen LogP contribution in [0.4, 0.5) is 0 Å². The minimum absolute atomic E-state index is 0.159. The lowest BCUT2D eigenvalue weighted by molar-refractivity contribution is -0.137. The van der Waals surface area contributed by atoms with Crippen LogP contribution in [-0.4, -0.2) is 22.0 Å². The number of carboxylic acid groups (broad SMARTS) is 1. The van der Waals surface area contributed by atoms with E-state index >= 15 is 0 Å². The number of thiazole rings is 1. The number of aryl methyl sites for hydroxylation is 3. The third kappa shape index (κ3) is 3.71. The molecule has 1 atom stereocenters. The van der Waals surface area contributed by atoms with E-state index in [0.717, 1.165) is 16.1 Å². The molecule has 6 heteroatoms. The molecule has 22 heavy (non-hydrogen) atoms. The second kappa shape index (κ2) is 6.70. The Hall–Kier alpha value is -2.21. The summed E-state index contributed by atoms with van der Waals surface area (Å²) >= 11 is 1.31. The molecule has 1 aromatic carbocycles. The number of amides is 1. The first-order chi connectivity index (χ1) is 10.4. The first-order valence-corrected chi connectivity index (χ1v) is 7.72. The van der Waals surface area contributed by atoms with Crippen LogP contribution in [0.3, 0.4) is 0 Å². The van der Waals surface area contributed by atoms with Gasteiger partial charge in [0.1, 0.15) is 4.88 Å². The Balaban J connectivity index is 2.27. The average molecular weight is 318 g/mol. The van der Waals surface area contributed by atoms with Crippen molar-refractivity contribution >= 4 is 23.2 Å². The first kappa shape index (κ1) is 16.2. The molecule has 2 rings (SSSR count). The highest BCUT2D eigenvalue weighted by Crippen LogP contribution is 2.23. The molecule has 0 saturated carbocycles. The summed E-state index contributed by atoms with van der Waals surface area (Å²) in [6, 6.07) is 6.90. The molecule has 0 fully saturated rings. The van der Waals surface area contributed by atoms with E-state index in [2.05, 4.69) is 10.3 Å². The maximum Gasteiger partial charge on any atom is 0.305 e. The Morgan fingerprint density at radius 2 is 1.95 bits per heavy atom. The van der Waals surface area contributed by atoms with Gasteiger partial charge in [0.15, 0.2) is 0 Å². The van der Waals surface area contributed by atoms with Crippen LogP contribution in [0.1, 0.15) is 44.0 Å². The molecule has 1 aromatic heterocycles. The molecule has 0 aliphatic heterocycles. The minimum Gasteiger partial charge on any atom is -0.481 e. The fourth-order valence-corrected chi connectivity index (χ4v) is 3.18. The monoisotopic (exact) mass is 318 g/mol. The van der Waals surface area contributed by atoms with E-state index in [1.807, 2.05) is 38.1 Å². The van der Waals surface area contributed by atoms with Crippen molar-refractivity contribution < 1.29 is 14.7 Å². The molecule has 0 bridgehead atoms. The van der Waals surface area contributed by atoms with Gasteiger partial charge in [0, 0.05) is 0 Å². The van der Waals surface area contributed by atoms with Crippen LogP contribution >= 0.6 is 11.3 Å². The molecule has 0 aliphatic rings. The Morgan fingerprint density at radius 1 is 1.27 bits per heavy atom. The summed E-state index contributed by atoms with van der Waals surface area (Å²) in [5.74, 6) is -1.23. The van der Waals surface area contributed by atoms with Crippen molar-refractivity contribution in [1.29, 1.82) is 0 Å². The molecule has 0 spiro atoms. The van der Waals surface area contributed by atoms with Crippen molar-refractivity contribution in [1.82, 2.24) is 10.3 Å². The van der Waals surface area contributed by atoms with Gasteiger partial charge in [0.25, 0.3) is 5.91 Å². The smallest absolute Gasteiger partial charge is 0.305 e. The summed E-state index contributed by atoms with van der Waals surface area (Å²) in [7, 11) is 0. The number of benzene rings is 1. The standard InChI is InChI=1S/C16H18N2O3S/c1-9-6-4-5-7-12(9)13(8-14(19)20)18-16(21)15-10(2)17-11(3)22-15/h4-7,13H,8H2,1-3H3,(H,18,21)(H,19,20). The zero-order chi connectivity index (χ0) is 16.3. The highest BCUT2D eigenvalue weighted by molar-refractivity contribution is 7.13. The molecule has 0 radical (unpaired) electrons. The number of carbonyl (C=O) groups is 2. The number of aromatic nitrogens is 1. The van der Waals surface area contributed by atoms with Gasteiger partial charge < -0.3 is 10.4 Å². The minimum atomic E-state index is -0.953. The summed E-state index contributed by atoms with van der Waals surface area (Å²) in [6.07, 6.45) is -0.159. The second-order valence-electron chi connectivity index (χ2n) is 5.13. The van der Waals surface area contributed by atoms with Gasteiger partial charge in [-0.1, -0.05) is 24.3 Å². The van der Waals surface area contributed by atoms with Crippen LogP contribution in [0.5, 0.6) is 0 Å². The number of carbonyl (C=O) groups excluding carboxylic acids is 1. The lowest BCUT2D eigenvalue weighted by Gasteiger charge is -2.19. The zero-order valence-electron chi connectivity index (χ0n) is 12.7. The third-order valence-electron chi connectivity index (χ3n) is 3.36. The maximum atomic E-state index is 12.4. The molecular formula is C16H18N2O3S. The second-order valence-corrected chi connectivity index (χ2v) is 6.33. The summed E-state index contributed by atoms with van der Waals surface area (Å²) in [4.78, 5) is 28.3. The van der Waals surface area contributed by atoms with Crippen molar-refractivity contribution in [3.05, 3.63) is 51.0 Å². The quantitative estimate of drug-likeness (QED) is 0.888. The topological polar surface area (TPSA) is 79.3 Å². The highest BCUT2D eigenvalue weighted by atomic mass is 32.1. The van der Waals surface area contributed by atoms with Gasteiger partial charge in [-0.05, 0) is 31.9 Å². The third-order valence-corrected chi connectivity index (χ3v) is 4.43. The van der Waals surface area contributed by atoms with Crippen molar-refractivity contribution in [3.63, 3.8) is 0 Å². The van der Waals surface area contributed by atoms with Crippen LogP contribution < -0.4 is 5.32 Å². The largest absolute Gasteiger partial charge is 0.481 e. The number of carboxylic acids is 1. The molecule has 1 heterocycles. The van der Waals surface area contributed by atoms with Gasteiger partial charge in [-0.3, -0.25) is 9.59 Å². The average Bonchev–Trinajstić information content (AvgIpc) is 2.77. The van der Waals surface area contributed by atoms with Crippen molar-refractivity contribution in [3.8, 4) is 0 Å². The number of rotatable bonds is 5. The molecule has 2 aromatic rings. The molecule has 0 saturated heterocycles. The normalized spacial score (nSPS) is 12.0. The fraction of sp³-hybridized carbons (Fsp3) is 0.312. The van der Waals surface area contributed by atoms with Gasteiger partial charge in [-0.15, -0.1) is 11.3 Å². The highest BCUT2D eigenvalue weighted by Gasteiger charge is 2.22. The van der Waals surface area contributed by atoms with Crippen LogP contribution in [0.15, 0.2) is 24.3 Å². The number of nitrogens with one attached hydrogen (secondary N) is 1. The molecule has 0 aliphatic carbocycles. The predicted molar refractivity (Wildman–Crippen MR) is 85.2 cm³/mol. The molecule has 116 valence electrons. The summed E-state index contributed by atoms with van der Waals surface area (Å²) in [5.41, 5.74) is 2.43. The van der Waals surface area contributed by atoms with Gasteiger partial charge in [-0.2, -0.15) is 0 Å². The molecule has 5 nitrogen and oxygen atoms in total. The summed E-state index contributed by atoms with van der Waals surface area (Å²) in [6.45, 7) is 5.52. The van der Waals surface area contributed by atoms with E-state index in [0.29, 0.717) is 10.6 Å². The predicted octanol–water partition coefficient (Wildman–Crippen LogP) is 3.01. The Labute approximate surface area is 133 Å². The van der Waals surface area contributed by atoms with E-state index in [-0.39, 0.29) is 12.3 Å². The summed E-state index contributed by atoms with van der Waals surface area (Å²) < 4.78 is 0. The summed E-state index contributed by atoms with van der Waals surface area (Å²) in [5, 5.41) is 12.8. The van der Waals surface area contributed by atoms with Gasteiger partial charge in [0.05, 0.1) is 23.2 Å². The van der Waals surface area contributed by atoms with Gasteiger partial charge >= 0.3 is 5.97 Å². The molecule has 1 unspecified atom stereocenters. The molecule has 1 amide bonds. The lowest BCUT2D eigenvalue weighted by atomic mass is 9.98. The maximum absolute atomic E-state index is 12.4. The zero-order valence-corrected chi connectivity index (χ0v) is 13.5. The Morgan fingerprint density at radius 3 is 2.50 bits per heavy atom. The lowest BCUT2D eigenvalue weighted by Crippen LogP contribution is -2.30. The van der Waals surface area contributed by atoms with Crippen LogP contribution in [0.2, 0.25) is 0 Å². The Kier molecular flexibility index (Phi) is 4.92. The number of aliphatic carboxylic acids is 1. The van der Waals surface area contributed by atoms with Crippen molar-refractivity contribution in [2.75, 3.05) is 0 Å². The van der Waals surface area contributed by atoms with E-state index in [9.17, 15) is 9.59 Å². The number of hydrogen-bond acceptors (Lipinski definition) is 4. The molecular weight excluding hydrogens is 300 g/mol. The van der Waals surface area contributed by atoms with E-state index in [1.54, 1.807) is 6.92 Å². The Bertz CT molecular complexity index is 709. The van der Waals surface area contributed by atoms with Crippen LogP contribution in [-0.2, 0) is 4.79 Å². The van der Waals surface area contributed by atoms with Crippen molar-refractivity contribution in [2.45, 2.75) is 33.2 Å². The number of nitrogens with zero attached hydrogens (tertiary/aromatic N) is 1. The number of hydrogen-bond donors (Lipinski definition) is 2. The fourth-order valence-electron chi connectivity index (χ4n) is 2.36. The van der Waals surface area contributed by atoms with Crippen LogP contribution in [0, 0.1) is 20.8 Å². The first-order valence-electron chi connectivity index (χ1n) is 6.90. The van der Waals surface area contributed by atoms with Gasteiger partial charge in [0.2, 0.25) is 0 Å². The van der Waals surface area contributed by atoms with E-state index in [4.69, 9.17) is 5.11 Å².